The highest BCUT2D eigenvalue weighted by Crippen LogP contribution is 2.28. The van der Waals surface area contributed by atoms with Gasteiger partial charge in [-0.25, -0.2) is 0 Å². The third kappa shape index (κ3) is 4.25. The van der Waals surface area contributed by atoms with Crippen LogP contribution in [-0.2, 0) is 0 Å². The van der Waals surface area contributed by atoms with E-state index >= 15 is 0 Å². The molecule has 2 nitrogen and oxygen atoms in total. The maximum Gasteiger partial charge on any atom is 0.142 e. The van der Waals surface area contributed by atoms with Crippen LogP contribution in [0.4, 0.5) is 5.69 Å². The molecule has 2 heteroatoms. The molecule has 0 saturated carbocycles. The Bertz CT molecular complexity index is 360. The molecule has 0 aliphatic rings. The first-order valence-corrected chi connectivity index (χ1v) is 7.08. The zero-order valence-electron chi connectivity index (χ0n) is 12.4. The fourth-order valence-electron chi connectivity index (χ4n) is 2.02. The van der Waals surface area contributed by atoms with E-state index in [0.717, 1.165) is 30.9 Å². The molecule has 1 rings (SSSR count). The van der Waals surface area contributed by atoms with E-state index in [1.54, 1.807) is 0 Å². The van der Waals surface area contributed by atoms with Crippen LogP contribution < -0.4 is 10.1 Å². The average Bonchev–Trinajstić information content (AvgIpc) is 2.34. The maximum absolute atomic E-state index is 5.83. The third-order valence-electron chi connectivity index (χ3n) is 3.18. The molecule has 1 aromatic carbocycles. The van der Waals surface area contributed by atoms with Crippen LogP contribution >= 0.6 is 0 Å². The Kier molecular flexibility index (Phi) is 6.03. The quantitative estimate of drug-likeness (QED) is 0.760. The van der Waals surface area contributed by atoms with Gasteiger partial charge in [0.15, 0.2) is 0 Å². The number of aryl methyl sites for hydroxylation is 1. The van der Waals surface area contributed by atoms with E-state index in [4.69, 9.17) is 4.74 Å². The predicted molar refractivity (Wildman–Crippen MR) is 79.5 cm³/mol. The van der Waals surface area contributed by atoms with Crippen molar-refractivity contribution in [3.8, 4) is 5.75 Å². The SMILES string of the molecule is CCCOc1cc(C)ccc1NC(CC)C(C)C. The van der Waals surface area contributed by atoms with Gasteiger partial charge in [-0.2, -0.15) is 0 Å². The molecule has 0 radical (unpaired) electrons. The summed E-state index contributed by atoms with van der Waals surface area (Å²) in [5.41, 5.74) is 2.36. The molecule has 0 saturated heterocycles. The molecule has 1 atom stereocenters. The van der Waals surface area contributed by atoms with Crippen LogP contribution in [0.15, 0.2) is 18.2 Å². The van der Waals surface area contributed by atoms with E-state index in [9.17, 15) is 0 Å². The van der Waals surface area contributed by atoms with Crippen molar-refractivity contribution in [1.29, 1.82) is 0 Å². The lowest BCUT2D eigenvalue weighted by atomic mass is 10.0. The van der Waals surface area contributed by atoms with Crippen LogP contribution in [0.25, 0.3) is 0 Å². The highest BCUT2D eigenvalue weighted by Gasteiger charge is 2.13. The minimum absolute atomic E-state index is 0.497. The van der Waals surface area contributed by atoms with Gasteiger partial charge in [-0.05, 0) is 43.4 Å². The monoisotopic (exact) mass is 249 g/mol. The number of anilines is 1. The Morgan fingerprint density at radius 3 is 2.50 bits per heavy atom. The topological polar surface area (TPSA) is 21.3 Å². The Hall–Kier alpha value is -1.18. The van der Waals surface area contributed by atoms with E-state index in [2.05, 4.69) is 58.1 Å². The summed E-state index contributed by atoms with van der Waals surface area (Å²) in [6, 6.07) is 6.88. The molecule has 0 aromatic heterocycles. The lowest BCUT2D eigenvalue weighted by Crippen LogP contribution is -2.24. The van der Waals surface area contributed by atoms with E-state index in [1.165, 1.54) is 5.56 Å². The first kappa shape index (κ1) is 14.9. The van der Waals surface area contributed by atoms with Gasteiger partial charge in [0.05, 0.1) is 12.3 Å². The van der Waals surface area contributed by atoms with Crippen molar-refractivity contribution in [3.63, 3.8) is 0 Å². The second-order valence-corrected chi connectivity index (χ2v) is 5.25. The van der Waals surface area contributed by atoms with Gasteiger partial charge in [0.2, 0.25) is 0 Å². The summed E-state index contributed by atoms with van der Waals surface area (Å²) in [4.78, 5) is 0. The first-order valence-electron chi connectivity index (χ1n) is 7.08. The minimum Gasteiger partial charge on any atom is -0.491 e. The number of ether oxygens (including phenoxy) is 1. The van der Waals surface area contributed by atoms with Gasteiger partial charge in [-0.3, -0.25) is 0 Å². The molecule has 1 N–H and O–H groups in total. The van der Waals surface area contributed by atoms with Crippen LogP contribution in [0.2, 0.25) is 0 Å². The van der Waals surface area contributed by atoms with Crippen molar-refractivity contribution in [3.05, 3.63) is 23.8 Å². The van der Waals surface area contributed by atoms with Gasteiger partial charge in [0, 0.05) is 6.04 Å². The van der Waals surface area contributed by atoms with Crippen molar-refractivity contribution < 1.29 is 4.74 Å². The Morgan fingerprint density at radius 1 is 1.22 bits per heavy atom. The number of hydrogen-bond donors (Lipinski definition) is 1. The highest BCUT2D eigenvalue weighted by molar-refractivity contribution is 5.58. The van der Waals surface area contributed by atoms with Crippen molar-refractivity contribution in [2.75, 3.05) is 11.9 Å². The van der Waals surface area contributed by atoms with Gasteiger partial charge in [0.1, 0.15) is 5.75 Å². The summed E-state index contributed by atoms with van der Waals surface area (Å²) in [5, 5.41) is 3.61. The molecule has 0 aliphatic carbocycles. The second-order valence-electron chi connectivity index (χ2n) is 5.25. The molecule has 0 aliphatic heterocycles. The third-order valence-corrected chi connectivity index (χ3v) is 3.18. The lowest BCUT2D eigenvalue weighted by Gasteiger charge is -2.24. The standard InChI is InChI=1S/C16H27NO/c1-6-10-18-16-11-13(5)8-9-15(16)17-14(7-2)12(3)4/h8-9,11-12,14,17H,6-7,10H2,1-5H3. The maximum atomic E-state index is 5.83. The molecule has 0 amide bonds. The summed E-state index contributed by atoms with van der Waals surface area (Å²) < 4.78 is 5.83. The fraction of sp³-hybridized carbons (Fsp3) is 0.625. The van der Waals surface area contributed by atoms with Crippen molar-refractivity contribution in [1.82, 2.24) is 0 Å². The van der Waals surface area contributed by atoms with Crippen LogP contribution in [0, 0.1) is 12.8 Å². The predicted octanol–water partition coefficient (Wildman–Crippen LogP) is 4.63. The summed E-state index contributed by atoms with van der Waals surface area (Å²) in [5.74, 6) is 1.60. The van der Waals surface area contributed by atoms with E-state index in [1.807, 2.05) is 0 Å². The average molecular weight is 249 g/mol. The number of rotatable bonds is 7. The summed E-state index contributed by atoms with van der Waals surface area (Å²) in [6.07, 6.45) is 2.16. The smallest absolute Gasteiger partial charge is 0.142 e. The van der Waals surface area contributed by atoms with Crippen molar-refractivity contribution >= 4 is 5.69 Å². The molecule has 0 fully saturated rings. The van der Waals surface area contributed by atoms with Gasteiger partial charge in [-0.1, -0.05) is 33.8 Å². The van der Waals surface area contributed by atoms with E-state index in [-0.39, 0.29) is 0 Å². The molecular weight excluding hydrogens is 222 g/mol. The molecule has 0 heterocycles. The zero-order valence-corrected chi connectivity index (χ0v) is 12.4. The highest BCUT2D eigenvalue weighted by atomic mass is 16.5. The summed E-state index contributed by atoms with van der Waals surface area (Å²) in [6.45, 7) is 11.7. The molecule has 102 valence electrons. The Balaban J connectivity index is 2.85. The zero-order chi connectivity index (χ0) is 13.5. The van der Waals surface area contributed by atoms with Crippen LogP contribution in [0.1, 0.15) is 46.1 Å². The summed E-state index contributed by atoms with van der Waals surface area (Å²) >= 11 is 0. The minimum atomic E-state index is 0.497. The van der Waals surface area contributed by atoms with Crippen molar-refractivity contribution in [2.45, 2.75) is 53.5 Å². The van der Waals surface area contributed by atoms with Crippen LogP contribution in [0.3, 0.4) is 0 Å². The van der Waals surface area contributed by atoms with Gasteiger partial charge in [-0.15, -0.1) is 0 Å². The molecule has 18 heavy (non-hydrogen) atoms. The van der Waals surface area contributed by atoms with E-state index in [0.29, 0.717) is 12.0 Å². The lowest BCUT2D eigenvalue weighted by molar-refractivity contribution is 0.318. The molecule has 0 bridgehead atoms. The summed E-state index contributed by atoms with van der Waals surface area (Å²) in [7, 11) is 0. The number of hydrogen-bond acceptors (Lipinski definition) is 2. The first-order chi connectivity index (χ1) is 8.58. The molecular formula is C16H27NO. The number of benzene rings is 1. The number of nitrogens with one attached hydrogen (secondary N) is 1. The van der Waals surface area contributed by atoms with Crippen LogP contribution in [0.5, 0.6) is 5.75 Å². The molecule has 1 aromatic rings. The van der Waals surface area contributed by atoms with Gasteiger partial charge < -0.3 is 10.1 Å². The van der Waals surface area contributed by atoms with Crippen molar-refractivity contribution in [2.24, 2.45) is 5.92 Å². The van der Waals surface area contributed by atoms with Gasteiger partial charge >= 0.3 is 0 Å². The second kappa shape index (κ2) is 7.30. The fourth-order valence-corrected chi connectivity index (χ4v) is 2.02. The normalized spacial score (nSPS) is 12.6. The molecule has 1 unspecified atom stereocenters. The largest absolute Gasteiger partial charge is 0.491 e. The van der Waals surface area contributed by atoms with Gasteiger partial charge in [0.25, 0.3) is 0 Å². The Labute approximate surface area is 112 Å². The Morgan fingerprint density at radius 2 is 1.94 bits per heavy atom. The van der Waals surface area contributed by atoms with E-state index < -0.39 is 0 Å². The van der Waals surface area contributed by atoms with Crippen LogP contribution in [-0.4, -0.2) is 12.6 Å². The molecule has 0 spiro atoms.